The molecule has 2 N–H and O–H groups in total. The van der Waals surface area contributed by atoms with Gasteiger partial charge in [0.15, 0.2) is 0 Å². The van der Waals surface area contributed by atoms with E-state index in [1.54, 1.807) is 6.20 Å². The summed E-state index contributed by atoms with van der Waals surface area (Å²) < 4.78 is 0. The summed E-state index contributed by atoms with van der Waals surface area (Å²) in [6.45, 7) is 5.25. The number of hydrogen-bond acceptors (Lipinski definition) is 3. The Morgan fingerprint density at radius 1 is 1.22 bits per heavy atom. The predicted octanol–water partition coefficient (Wildman–Crippen LogP) is 3.59. The SMILES string of the molecule is CC(C)CC(CNCc1cccc(-c2cccnc2)c1)C(=O)O. The van der Waals surface area contributed by atoms with E-state index in [0.29, 0.717) is 25.4 Å². The molecule has 1 aromatic heterocycles. The lowest BCUT2D eigenvalue weighted by Gasteiger charge is -2.15. The first-order valence-corrected chi connectivity index (χ1v) is 7.99. The van der Waals surface area contributed by atoms with E-state index >= 15 is 0 Å². The van der Waals surface area contributed by atoms with E-state index in [1.165, 1.54) is 0 Å². The first-order valence-electron chi connectivity index (χ1n) is 7.99. The quantitative estimate of drug-likeness (QED) is 0.782. The van der Waals surface area contributed by atoms with Gasteiger partial charge in [-0.1, -0.05) is 38.1 Å². The van der Waals surface area contributed by atoms with Gasteiger partial charge >= 0.3 is 5.97 Å². The molecule has 2 rings (SSSR count). The second-order valence-electron chi connectivity index (χ2n) is 6.24. The van der Waals surface area contributed by atoms with Crippen molar-refractivity contribution in [3.05, 3.63) is 54.4 Å². The van der Waals surface area contributed by atoms with E-state index < -0.39 is 5.97 Å². The van der Waals surface area contributed by atoms with Crippen LogP contribution in [0, 0.1) is 11.8 Å². The summed E-state index contributed by atoms with van der Waals surface area (Å²) in [6.07, 6.45) is 4.30. The maximum atomic E-state index is 11.3. The van der Waals surface area contributed by atoms with Crippen LogP contribution in [-0.4, -0.2) is 22.6 Å². The van der Waals surface area contributed by atoms with Crippen molar-refractivity contribution in [2.75, 3.05) is 6.54 Å². The van der Waals surface area contributed by atoms with E-state index in [4.69, 9.17) is 0 Å². The second kappa shape index (κ2) is 8.44. The number of nitrogens with one attached hydrogen (secondary N) is 1. The van der Waals surface area contributed by atoms with Gasteiger partial charge in [0.25, 0.3) is 0 Å². The summed E-state index contributed by atoms with van der Waals surface area (Å²) in [6, 6.07) is 12.2. The molecule has 2 aromatic rings. The lowest BCUT2D eigenvalue weighted by molar-refractivity contribution is -0.142. The van der Waals surface area contributed by atoms with Gasteiger partial charge in [-0.05, 0) is 41.2 Å². The minimum atomic E-state index is -0.727. The molecule has 1 heterocycles. The molecule has 0 radical (unpaired) electrons. The van der Waals surface area contributed by atoms with Crippen molar-refractivity contribution in [1.82, 2.24) is 10.3 Å². The molecular formula is C19H24N2O2. The maximum absolute atomic E-state index is 11.3. The van der Waals surface area contributed by atoms with E-state index in [-0.39, 0.29) is 5.92 Å². The van der Waals surface area contributed by atoms with Gasteiger partial charge in [0.05, 0.1) is 5.92 Å². The highest BCUT2D eigenvalue weighted by atomic mass is 16.4. The number of aromatic nitrogens is 1. The molecule has 0 bridgehead atoms. The summed E-state index contributed by atoms with van der Waals surface area (Å²) in [7, 11) is 0. The zero-order valence-electron chi connectivity index (χ0n) is 13.7. The van der Waals surface area contributed by atoms with Crippen molar-refractivity contribution in [2.45, 2.75) is 26.8 Å². The normalized spacial score (nSPS) is 12.3. The van der Waals surface area contributed by atoms with Crippen LogP contribution < -0.4 is 5.32 Å². The Bertz CT molecular complexity index is 626. The summed E-state index contributed by atoms with van der Waals surface area (Å²) >= 11 is 0. The Hall–Kier alpha value is -2.20. The van der Waals surface area contributed by atoms with E-state index in [1.807, 2.05) is 44.3 Å². The highest BCUT2D eigenvalue weighted by molar-refractivity contribution is 5.70. The molecule has 0 saturated carbocycles. The third kappa shape index (κ3) is 5.49. The Balaban J connectivity index is 1.95. The van der Waals surface area contributed by atoms with Crippen LogP contribution in [0.5, 0.6) is 0 Å². The molecule has 0 aliphatic rings. The van der Waals surface area contributed by atoms with Crippen LogP contribution >= 0.6 is 0 Å². The minimum Gasteiger partial charge on any atom is -0.481 e. The molecule has 1 aromatic carbocycles. The first-order chi connectivity index (χ1) is 11.1. The predicted molar refractivity (Wildman–Crippen MR) is 92.0 cm³/mol. The third-order valence-electron chi connectivity index (χ3n) is 3.75. The molecule has 0 fully saturated rings. The van der Waals surface area contributed by atoms with Crippen molar-refractivity contribution < 1.29 is 9.90 Å². The van der Waals surface area contributed by atoms with Crippen LogP contribution in [0.2, 0.25) is 0 Å². The van der Waals surface area contributed by atoms with Crippen molar-refractivity contribution in [3.8, 4) is 11.1 Å². The summed E-state index contributed by atoms with van der Waals surface area (Å²) in [5.41, 5.74) is 3.34. The average molecular weight is 312 g/mol. The van der Waals surface area contributed by atoms with Gasteiger partial charge in [0, 0.05) is 25.5 Å². The zero-order chi connectivity index (χ0) is 16.7. The molecule has 1 unspecified atom stereocenters. The number of carboxylic acids is 1. The molecule has 23 heavy (non-hydrogen) atoms. The van der Waals surface area contributed by atoms with Crippen LogP contribution in [0.25, 0.3) is 11.1 Å². The zero-order valence-corrected chi connectivity index (χ0v) is 13.7. The van der Waals surface area contributed by atoms with Crippen molar-refractivity contribution in [1.29, 1.82) is 0 Å². The number of hydrogen-bond donors (Lipinski definition) is 2. The molecule has 0 spiro atoms. The van der Waals surface area contributed by atoms with Gasteiger partial charge in [-0.2, -0.15) is 0 Å². The topological polar surface area (TPSA) is 62.2 Å². The average Bonchev–Trinajstić information content (AvgIpc) is 2.54. The highest BCUT2D eigenvalue weighted by Gasteiger charge is 2.18. The Kier molecular flexibility index (Phi) is 6.29. The van der Waals surface area contributed by atoms with Gasteiger partial charge in [-0.3, -0.25) is 9.78 Å². The number of carbonyl (C=O) groups is 1. The first kappa shape index (κ1) is 17.2. The van der Waals surface area contributed by atoms with Gasteiger partial charge < -0.3 is 10.4 Å². The molecule has 122 valence electrons. The highest BCUT2D eigenvalue weighted by Crippen LogP contribution is 2.19. The lowest BCUT2D eigenvalue weighted by Crippen LogP contribution is -2.29. The number of carboxylic acid groups (broad SMARTS) is 1. The lowest BCUT2D eigenvalue weighted by atomic mass is 9.97. The Morgan fingerprint density at radius 3 is 2.65 bits per heavy atom. The molecule has 0 aliphatic carbocycles. The Morgan fingerprint density at radius 2 is 2.00 bits per heavy atom. The number of rotatable bonds is 8. The van der Waals surface area contributed by atoms with Crippen LogP contribution in [0.3, 0.4) is 0 Å². The smallest absolute Gasteiger partial charge is 0.307 e. The summed E-state index contributed by atoms with van der Waals surface area (Å²) in [5, 5.41) is 12.5. The van der Waals surface area contributed by atoms with Gasteiger partial charge in [0.1, 0.15) is 0 Å². The number of nitrogens with zero attached hydrogens (tertiary/aromatic N) is 1. The monoisotopic (exact) mass is 312 g/mol. The molecule has 0 aliphatic heterocycles. The number of pyridine rings is 1. The van der Waals surface area contributed by atoms with Crippen molar-refractivity contribution in [2.24, 2.45) is 11.8 Å². The fraction of sp³-hybridized carbons (Fsp3) is 0.368. The van der Waals surface area contributed by atoms with Gasteiger partial charge in [-0.15, -0.1) is 0 Å². The van der Waals surface area contributed by atoms with Crippen LogP contribution in [0.1, 0.15) is 25.8 Å². The Labute approximate surface area is 137 Å². The summed E-state index contributed by atoms with van der Waals surface area (Å²) in [5.74, 6) is -0.682. The van der Waals surface area contributed by atoms with Crippen LogP contribution in [-0.2, 0) is 11.3 Å². The number of benzene rings is 1. The largest absolute Gasteiger partial charge is 0.481 e. The van der Waals surface area contributed by atoms with Crippen molar-refractivity contribution >= 4 is 5.97 Å². The van der Waals surface area contributed by atoms with Crippen LogP contribution in [0.4, 0.5) is 0 Å². The van der Waals surface area contributed by atoms with E-state index in [9.17, 15) is 9.90 Å². The molecule has 0 amide bonds. The van der Waals surface area contributed by atoms with Gasteiger partial charge in [0.2, 0.25) is 0 Å². The van der Waals surface area contributed by atoms with Gasteiger partial charge in [-0.25, -0.2) is 0 Å². The second-order valence-corrected chi connectivity index (χ2v) is 6.24. The molecular weight excluding hydrogens is 288 g/mol. The maximum Gasteiger partial charge on any atom is 0.307 e. The molecule has 4 heteroatoms. The summed E-state index contributed by atoms with van der Waals surface area (Å²) in [4.78, 5) is 15.4. The van der Waals surface area contributed by atoms with E-state index in [2.05, 4.69) is 22.4 Å². The minimum absolute atomic E-state index is 0.337. The fourth-order valence-corrected chi connectivity index (χ4v) is 2.63. The fourth-order valence-electron chi connectivity index (χ4n) is 2.63. The third-order valence-corrected chi connectivity index (χ3v) is 3.75. The molecule has 1 atom stereocenters. The van der Waals surface area contributed by atoms with Crippen LogP contribution in [0.15, 0.2) is 48.8 Å². The molecule has 0 saturated heterocycles. The number of aliphatic carboxylic acids is 1. The standard InChI is InChI=1S/C19H24N2O2/c1-14(2)9-18(19(22)23)13-21-11-15-5-3-6-16(10-15)17-7-4-8-20-12-17/h3-8,10,12,14,18,21H,9,11,13H2,1-2H3,(H,22,23). The van der Waals surface area contributed by atoms with Crippen molar-refractivity contribution in [3.63, 3.8) is 0 Å². The van der Waals surface area contributed by atoms with E-state index in [0.717, 1.165) is 16.7 Å². The molecule has 4 nitrogen and oxygen atoms in total.